The Labute approximate surface area is 175 Å². The van der Waals surface area contributed by atoms with Gasteiger partial charge in [-0.25, -0.2) is 0 Å². The van der Waals surface area contributed by atoms with Gasteiger partial charge in [0, 0.05) is 19.0 Å². The summed E-state index contributed by atoms with van der Waals surface area (Å²) in [6, 6.07) is 16.0. The molecule has 0 aliphatic carbocycles. The highest BCUT2D eigenvalue weighted by Gasteiger charge is 2.28. The molecular formula is C25H34N2O2. The van der Waals surface area contributed by atoms with E-state index in [1.54, 1.807) is 4.90 Å². The van der Waals surface area contributed by atoms with Crippen LogP contribution < -0.4 is 5.32 Å². The Morgan fingerprint density at radius 1 is 0.897 bits per heavy atom. The summed E-state index contributed by atoms with van der Waals surface area (Å²) in [5, 5.41) is 2.97. The zero-order chi connectivity index (χ0) is 21.4. The van der Waals surface area contributed by atoms with E-state index < -0.39 is 6.04 Å². The van der Waals surface area contributed by atoms with Gasteiger partial charge in [0.1, 0.15) is 6.04 Å². The molecule has 0 unspecified atom stereocenters. The number of amides is 2. The van der Waals surface area contributed by atoms with Gasteiger partial charge in [-0.1, -0.05) is 66.6 Å². The lowest BCUT2D eigenvalue weighted by Crippen LogP contribution is -2.50. The van der Waals surface area contributed by atoms with E-state index >= 15 is 0 Å². The molecule has 1 atom stereocenters. The maximum atomic E-state index is 13.2. The molecule has 0 saturated heterocycles. The Morgan fingerprint density at radius 3 is 1.90 bits per heavy atom. The molecule has 4 nitrogen and oxygen atoms in total. The van der Waals surface area contributed by atoms with Crippen LogP contribution in [-0.4, -0.2) is 28.8 Å². The average Bonchev–Trinajstić information content (AvgIpc) is 2.68. The predicted molar refractivity (Wildman–Crippen MR) is 119 cm³/mol. The Hall–Kier alpha value is -2.62. The molecule has 0 aliphatic heterocycles. The zero-order valence-corrected chi connectivity index (χ0v) is 18.4. The number of aryl methyl sites for hydroxylation is 3. The Kier molecular flexibility index (Phi) is 8.44. The van der Waals surface area contributed by atoms with Gasteiger partial charge in [0.25, 0.3) is 0 Å². The van der Waals surface area contributed by atoms with Gasteiger partial charge in [-0.2, -0.15) is 0 Å². The number of nitrogens with one attached hydrogen (secondary N) is 1. The van der Waals surface area contributed by atoms with Gasteiger partial charge < -0.3 is 10.2 Å². The SMILES string of the molecule is CC[C@H](C(=O)NC(C)C)N(Cc1ccc(C)cc1)C(=O)CCc1ccc(C)cc1. The summed E-state index contributed by atoms with van der Waals surface area (Å²) in [5.41, 5.74) is 4.56. The summed E-state index contributed by atoms with van der Waals surface area (Å²) in [6.45, 7) is 10.4. The normalized spacial score (nSPS) is 11.9. The van der Waals surface area contributed by atoms with E-state index in [0.717, 1.165) is 11.1 Å². The van der Waals surface area contributed by atoms with Crippen molar-refractivity contribution >= 4 is 11.8 Å². The van der Waals surface area contributed by atoms with Crippen LogP contribution in [-0.2, 0) is 22.6 Å². The molecule has 29 heavy (non-hydrogen) atoms. The van der Waals surface area contributed by atoms with Crippen LogP contribution in [0, 0.1) is 13.8 Å². The maximum Gasteiger partial charge on any atom is 0.243 e. The molecule has 156 valence electrons. The monoisotopic (exact) mass is 394 g/mol. The van der Waals surface area contributed by atoms with Crippen LogP contribution in [0.5, 0.6) is 0 Å². The molecule has 1 N–H and O–H groups in total. The van der Waals surface area contributed by atoms with E-state index in [4.69, 9.17) is 0 Å². The van der Waals surface area contributed by atoms with Gasteiger partial charge in [0.2, 0.25) is 11.8 Å². The quantitative estimate of drug-likeness (QED) is 0.677. The minimum absolute atomic E-state index is 0.0110. The Morgan fingerprint density at radius 2 is 1.41 bits per heavy atom. The second kappa shape index (κ2) is 10.8. The third-order valence-corrected chi connectivity index (χ3v) is 5.04. The molecule has 2 aromatic carbocycles. The Balaban J connectivity index is 2.18. The summed E-state index contributed by atoms with van der Waals surface area (Å²) in [7, 11) is 0. The summed E-state index contributed by atoms with van der Waals surface area (Å²) < 4.78 is 0. The first-order valence-electron chi connectivity index (χ1n) is 10.5. The van der Waals surface area contributed by atoms with Gasteiger partial charge in [-0.15, -0.1) is 0 Å². The molecule has 4 heteroatoms. The van der Waals surface area contributed by atoms with Crippen LogP contribution in [0.1, 0.15) is 55.9 Å². The van der Waals surface area contributed by atoms with Crippen LogP contribution in [0.15, 0.2) is 48.5 Å². The van der Waals surface area contributed by atoms with Crippen LogP contribution >= 0.6 is 0 Å². The molecule has 2 amide bonds. The highest BCUT2D eigenvalue weighted by molar-refractivity contribution is 5.87. The highest BCUT2D eigenvalue weighted by Crippen LogP contribution is 2.16. The fraction of sp³-hybridized carbons (Fsp3) is 0.440. The molecule has 0 bridgehead atoms. The first kappa shape index (κ1) is 22.7. The predicted octanol–water partition coefficient (Wildman–Crippen LogP) is 4.57. The average molecular weight is 395 g/mol. The number of rotatable bonds is 9. The fourth-order valence-electron chi connectivity index (χ4n) is 3.34. The first-order valence-corrected chi connectivity index (χ1v) is 10.5. The van der Waals surface area contributed by atoms with Gasteiger partial charge in [0.15, 0.2) is 0 Å². The van der Waals surface area contributed by atoms with E-state index in [2.05, 4.69) is 36.5 Å². The second-order valence-corrected chi connectivity index (χ2v) is 8.08. The zero-order valence-electron chi connectivity index (χ0n) is 18.4. The topological polar surface area (TPSA) is 49.4 Å². The largest absolute Gasteiger partial charge is 0.352 e. The van der Waals surface area contributed by atoms with Crippen molar-refractivity contribution in [2.24, 2.45) is 0 Å². The molecule has 0 fully saturated rings. The second-order valence-electron chi connectivity index (χ2n) is 8.08. The number of hydrogen-bond acceptors (Lipinski definition) is 2. The molecule has 0 saturated carbocycles. The minimum Gasteiger partial charge on any atom is -0.352 e. The molecule has 2 rings (SSSR count). The molecule has 0 radical (unpaired) electrons. The van der Waals surface area contributed by atoms with Crippen molar-refractivity contribution < 1.29 is 9.59 Å². The first-order chi connectivity index (χ1) is 13.8. The lowest BCUT2D eigenvalue weighted by Gasteiger charge is -2.31. The van der Waals surface area contributed by atoms with E-state index in [1.807, 2.05) is 52.0 Å². The van der Waals surface area contributed by atoms with Gasteiger partial charge in [0.05, 0.1) is 0 Å². The van der Waals surface area contributed by atoms with Crippen molar-refractivity contribution in [2.75, 3.05) is 0 Å². The summed E-state index contributed by atoms with van der Waals surface area (Å²) in [6.07, 6.45) is 1.65. The van der Waals surface area contributed by atoms with Crippen molar-refractivity contribution in [3.8, 4) is 0 Å². The maximum absolute atomic E-state index is 13.2. The van der Waals surface area contributed by atoms with Crippen molar-refractivity contribution in [1.29, 1.82) is 0 Å². The number of hydrogen-bond donors (Lipinski definition) is 1. The fourth-order valence-corrected chi connectivity index (χ4v) is 3.34. The van der Waals surface area contributed by atoms with Gasteiger partial charge in [-0.3, -0.25) is 9.59 Å². The summed E-state index contributed by atoms with van der Waals surface area (Å²) in [5.74, 6) is -0.0739. The Bertz CT molecular complexity index is 795. The van der Waals surface area contributed by atoms with Gasteiger partial charge >= 0.3 is 0 Å². The lowest BCUT2D eigenvalue weighted by atomic mass is 10.0. The summed E-state index contributed by atoms with van der Waals surface area (Å²) >= 11 is 0. The van der Waals surface area contributed by atoms with Crippen molar-refractivity contribution in [3.63, 3.8) is 0 Å². The van der Waals surface area contributed by atoms with Crippen molar-refractivity contribution in [2.45, 2.75) is 72.5 Å². The van der Waals surface area contributed by atoms with Crippen LogP contribution in [0.2, 0.25) is 0 Å². The van der Waals surface area contributed by atoms with Crippen LogP contribution in [0.4, 0.5) is 0 Å². The van der Waals surface area contributed by atoms with E-state index in [1.165, 1.54) is 11.1 Å². The van der Waals surface area contributed by atoms with Crippen molar-refractivity contribution in [3.05, 3.63) is 70.8 Å². The smallest absolute Gasteiger partial charge is 0.243 e. The van der Waals surface area contributed by atoms with Crippen LogP contribution in [0.25, 0.3) is 0 Å². The molecule has 0 spiro atoms. The number of nitrogens with zero attached hydrogens (tertiary/aromatic N) is 1. The third kappa shape index (κ3) is 7.04. The molecule has 0 aromatic heterocycles. The third-order valence-electron chi connectivity index (χ3n) is 5.04. The number of carbonyl (C=O) groups is 2. The molecular weight excluding hydrogens is 360 g/mol. The van der Waals surface area contributed by atoms with E-state index in [9.17, 15) is 9.59 Å². The number of benzene rings is 2. The molecule has 0 heterocycles. The van der Waals surface area contributed by atoms with E-state index in [-0.39, 0.29) is 17.9 Å². The minimum atomic E-state index is -0.468. The van der Waals surface area contributed by atoms with Gasteiger partial charge in [-0.05, 0) is 51.7 Å². The molecule has 0 aliphatic rings. The lowest BCUT2D eigenvalue weighted by molar-refractivity contribution is -0.141. The molecule has 2 aromatic rings. The number of carbonyl (C=O) groups excluding carboxylic acids is 2. The van der Waals surface area contributed by atoms with E-state index in [0.29, 0.717) is 25.8 Å². The van der Waals surface area contributed by atoms with Crippen LogP contribution in [0.3, 0.4) is 0 Å². The standard InChI is InChI=1S/C25H34N2O2/c1-6-23(25(29)26-18(2)3)27(17-22-13-9-20(5)10-14-22)24(28)16-15-21-11-7-19(4)8-12-21/h7-14,18,23H,6,15-17H2,1-5H3,(H,26,29)/t23-/m1/s1. The summed E-state index contributed by atoms with van der Waals surface area (Å²) in [4.78, 5) is 27.7. The highest BCUT2D eigenvalue weighted by atomic mass is 16.2. The van der Waals surface area contributed by atoms with Crippen molar-refractivity contribution in [1.82, 2.24) is 10.2 Å².